The number of ether oxygens (including phenoxy) is 3. The zero-order chi connectivity index (χ0) is 28.4. The molecule has 212 valence electrons. The van der Waals surface area contributed by atoms with Crippen LogP contribution in [0.4, 0.5) is 10.3 Å². The van der Waals surface area contributed by atoms with Crippen molar-refractivity contribution in [2.24, 2.45) is 0 Å². The van der Waals surface area contributed by atoms with Crippen LogP contribution in [0, 0.1) is 0 Å². The number of rotatable bonds is 11. The standard InChI is InChI=1S/C23H30FN6O8P/c1-13(2)36-16(31)10-27-39(33,38-14-8-6-5-7-9-14)35-11-15-18(32)23(3,24)21(37-15)30-12-26-17-19(30)28-22(25)29-20(17)34-4/h5-9,12-13,15,18,21,32H,10-11H2,1-4H3,(H,27,33)(H2,25,28,29)/t15-,18-,21-,23-,39?/m1/s1. The van der Waals surface area contributed by atoms with Gasteiger partial charge in [0.2, 0.25) is 11.8 Å². The fraction of sp³-hybridized carbons (Fsp3) is 0.478. The summed E-state index contributed by atoms with van der Waals surface area (Å²) < 4.78 is 57.7. The summed E-state index contributed by atoms with van der Waals surface area (Å²) in [4.78, 5) is 24.2. The molecule has 4 N–H and O–H groups in total. The lowest BCUT2D eigenvalue weighted by molar-refractivity contribution is -0.146. The largest absolute Gasteiger partial charge is 0.479 e. The molecule has 4 rings (SSSR count). The second-order valence-electron chi connectivity index (χ2n) is 9.11. The van der Waals surface area contributed by atoms with Gasteiger partial charge in [0.25, 0.3) is 0 Å². The molecule has 0 amide bonds. The van der Waals surface area contributed by atoms with Gasteiger partial charge in [-0.25, -0.2) is 19.0 Å². The second kappa shape index (κ2) is 11.4. The van der Waals surface area contributed by atoms with Crippen LogP contribution in [-0.2, 0) is 23.4 Å². The fourth-order valence-electron chi connectivity index (χ4n) is 3.93. The Labute approximate surface area is 223 Å². The molecular formula is C23H30FN6O8P. The quantitative estimate of drug-likeness (QED) is 0.226. The molecular weight excluding hydrogens is 538 g/mol. The number of benzene rings is 1. The van der Waals surface area contributed by atoms with E-state index in [-0.39, 0.29) is 28.7 Å². The van der Waals surface area contributed by atoms with E-state index in [0.29, 0.717) is 0 Å². The third-order valence-corrected chi connectivity index (χ3v) is 7.22. The Hall–Kier alpha value is -3.36. The van der Waals surface area contributed by atoms with Gasteiger partial charge in [0.15, 0.2) is 23.1 Å². The van der Waals surface area contributed by atoms with Crippen LogP contribution in [-0.4, -0.2) is 74.8 Å². The molecule has 39 heavy (non-hydrogen) atoms. The number of alkyl halides is 1. The lowest BCUT2D eigenvalue weighted by atomic mass is 9.98. The Morgan fingerprint density at radius 2 is 2.05 bits per heavy atom. The van der Waals surface area contributed by atoms with Gasteiger partial charge in [0.05, 0.1) is 26.1 Å². The number of hydrogen-bond acceptors (Lipinski definition) is 12. The Morgan fingerprint density at radius 1 is 1.33 bits per heavy atom. The highest BCUT2D eigenvalue weighted by atomic mass is 31.2. The van der Waals surface area contributed by atoms with Gasteiger partial charge in [-0.2, -0.15) is 9.97 Å². The number of imidazole rings is 1. The van der Waals surface area contributed by atoms with Gasteiger partial charge in [-0.1, -0.05) is 18.2 Å². The maximum Gasteiger partial charge on any atom is 0.459 e. The van der Waals surface area contributed by atoms with E-state index in [1.807, 2.05) is 0 Å². The number of nitrogen functional groups attached to an aromatic ring is 1. The fourth-order valence-corrected chi connectivity index (χ4v) is 5.21. The van der Waals surface area contributed by atoms with Crippen molar-refractivity contribution < 1.29 is 42.1 Å². The van der Waals surface area contributed by atoms with Gasteiger partial charge in [0.1, 0.15) is 24.5 Å². The number of anilines is 1. The van der Waals surface area contributed by atoms with Crippen LogP contribution < -0.4 is 20.1 Å². The number of aliphatic hydroxyl groups excluding tert-OH is 1. The Morgan fingerprint density at radius 3 is 2.72 bits per heavy atom. The molecule has 1 fully saturated rings. The smallest absolute Gasteiger partial charge is 0.459 e. The molecule has 3 aromatic rings. The molecule has 0 saturated carbocycles. The van der Waals surface area contributed by atoms with Crippen molar-refractivity contribution in [3.8, 4) is 11.6 Å². The van der Waals surface area contributed by atoms with E-state index in [9.17, 15) is 14.5 Å². The Kier molecular flexibility index (Phi) is 8.37. The lowest BCUT2D eigenvalue weighted by Gasteiger charge is -2.24. The van der Waals surface area contributed by atoms with E-state index in [4.69, 9.17) is 29.0 Å². The molecule has 1 aliphatic rings. The van der Waals surface area contributed by atoms with E-state index < -0.39 is 57.1 Å². The number of para-hydroxylation sites is 1. The van der Waals surface area contributed by atoms with Crippen molar-refractivity contribution in [1.82, 2.24) is 24.6 Å². The molecule has 1 aromatic carbocycles. The number of aliphatic hydroxyl groups is 1. The Bertz CT molecular complexity index is 1360. The normalized spacial score (nSPS) is 24.5. The number of halogens is 1. The summed E-state index contributed by atoms with van der Waals surface area (Å²) in [5, 5.41) is 13.2. The summed E-state index contributed by atoms with van der Waals surface area (Å²) in [7, 11) is -2.86. The van der Waals surface area contributed by atoms with Gasteiger partial charge in [0, 0.05) is 0 Å². The van der Waals surface area contributed by atoms with Crippen molar-refractivity contribution in [2.75, 3.05) is 26.0 Å². The number of hydrogen-bond donors (Lipinski definition) is 3. The molecule has 3 heterocycles. The number of fused-ring (bicyclic) bond motifs is 1. The molecule has 0 spiro atoms. The first-order valence-electron chi connectivity index (χ1n) is 11.9. The minimum absolute atomic E-state index is 0.0799. The van der Waals surface area contributed by atoms with E-state index in [1.54, 1.807) is 32.0 Å². The molecule has 16 heteroatoms. The minimum Gasteiger partial charge on any atom is -0.479 e. The van der Waals surface area contributed by atoms with Crippen molar-refractivity contribution in [2.45, 2.75) is 51.0 Å². The van der Waals surface area contributed by atoms with Crippen LogP contribution in [0.3, 0.4) is 0 Å². The predicted octanol–water partition coefficient (Wildman–Crippen LogP) is 2.15. The highest BCUT2D eigenvalue weighted by molar-refractivity contribution is 7.52. The predicted molar refractivity (Wildman–Crippen MR) is 136 cm³/mol. The average Bonchev–Trinajstić information content (AvgIpc) is 3.39. The monoisotopic (exact) mass is 568 g/mol. The highest BCUT2D eigenvalue weighted by Crippen LogP contribution is 2.47. The maximum atomic E-state index is 15.9. The molecule has 5 atom stereocenters. The van der Waals surface area contributed by atoms with Gasteiger partial charge in [-0.3, -0.25) is 13.9 Å². The zero-order valence-electron chi connectivity index (χ0n) is 21.7. The molecule has 1 unspecified atom stereocenters. The van der Waals surface area contributed by atoms with Crippen molar-refractivity contribution >= 4 is 30.8 Å². The number of methoxy groups -OCH3 is 1. The summed E-state index contributed by atoms with van der Waals surface area (Å²) in [6, 6.07) is 8.09. The summed E-state index contributed by atoms with van der Waals surface area (Å²) in [6.45, 7) is 3.40. The third-order valence-electron chi connectivity index (χ3n) is 5.73. The van der Waals surface area contributed by atoms with Crippen LogP contribution in [0.2, 0.25) is 0 Å². The minimum atomic E-state index is -4.23. The van der Waals surface area contributed by atoms with Crippen molar-refractivity contribution in [1.29, 1.82) is 0 Å². The molecule has 0 bridgehead atoms. The lowest BCUT2D eigenvalue weighted by Crippen LogP contribution is -2.41. The molecule has 1 aliphatic heterocycles. The van der Waals surface area contributed by atoms with E-state index >= 15 is 4.39 Å². The van der Waals surface area contributed by atoms with Crippen LogP contribution in [0.25, 0.3) is 11.2 Å². The average molecular weight is 568 g/mol. The number of nitrogens with one attached hydrogen (secondary N) is 1. The van der Waals surface area contributed by atoms with E-state index in [2.05, 4.69) is 20.0 Å². The van der Waals surface area contributed by atoms with Crippen molar-refractivity contribution in [3.05, 3.63) is 36.7 Å². The molecule has 2 aromatic heterocycles. The molecule has 14 nitrogen and oxygen atoms in total. The highest BCUT2D eigenvalue weighted by Gasteiger charge is 2.56. The topological polar surface area (TPSA) is 182 Å². The number of carbonyl (C=O) groups excluding carboxylic acids is 1. The van der Waals surface area contributed by atoms with Gasteiger partial charge < -0.3 is 29.6 Å². The molecule has 0 aliphatic carbocycles. The van der Waals surface area contributed by atoms with Gasteiger partial charge in [-0.05, 0) is 32.9 Å². The van der Waals surface area contributed by atoms with Gasteiger partial charge in [-0.15, -0.1) is 0 Å². The number of carbonyl (C=O) groups is 1. The van der Waals surface area contributed by atoms with Crippen molar-refractivity contribution in [3.63, 3.8) is 0 Å². The number of nitrogens with zero attached hydrogens (tertiary/aromatic N) is 4. The second-order valence-corrected chi connectivity index (χ2v) is 10.9. The molecule has 1 saturated heterocycles. The number of esters is 1. The zero-order valence-corrected chi connectivity index (χ0v) is 22.6. The summed E-state index contributed by atoms with van der Waals surface area (Å²) in [5.41, 5.74) is 3.71. The van der Waals surface area contributed by atoms with Crippen LogP contribution in [0.15, 0.2) is 36.7 Å². The van der Waals surface area contributed by atoms with Crippen LogP contribution >= 0.6 is 7.75 Å². The Balaban J connectivity index is 1.54. The molecule has 0 radical (unpaired) electrons. The van der Waals surface area contributed by atoms with E-state index in [0.717, 1.165) is 6.92 Å². The first-order valence-corrected chi connectivity index (χ1v) is 13.5. The van der Waals surface area contributed by atoms with E-state index in [1.165, 1.54) is 30.1 Å². The maximum absolute atomic E-state index is 15.9. The summed E-state index contributed by atoms with van der Waals surface area (Å²) in [5.74, 6) is -0.567. The number of nitrogens with two attached hydrogens (primary N) is 1. The summed E-state index contributed by atoms with van der Waals surface area (Å²) >= 11 is 0. The number of aromatic nitrogens is 4. The van der Waals surface area contributed by atoms with Gasteiger partial charge >= 0.3 is 13.7 Å². The summed E-state index contributed by atoms with van der Waals surface area (Å²) in [6.07, 6.45) is -3.59. The first kappa shape index (κ1) is 28.6. The first-order chi connectivity index (χ1) is 18.4. The third kappa shape index (κ3) is 6.28. The van der Waals surface area contributed by atoms with Crippen LogP contribution in [0.1, 0.15) is 27.0 Å². The van der Waals surface area contributed by atoms with Crippen LogP contribution in [0.5, 0.6) is 11.6 Å². The SMILES string of the molecule is COc1nc(N)nc2c1ncn2[C@@H]1O[C@H](COP(=O)(NCC(=O)OC(C)C)Oc2ccccc2)[C@@H](O)[C@@]1(C)F.